The Morgan fingerprint density at radius 2 is 1.74 bits per heavy atom. The van der Waals surface area contributed by atoms with Crippen LogP contribution in [0.5, 0.6) is 0 Å². The van der Waals surface area contributed by atoms with Crippen LogP contribution in [0.25, 0.3) is 0 Å². The van der Waals surface area contributed by atoms with Crippen LogP contribution < -0.4 is 0 Å². The number of benzene rings is 2. The van der Waals surface area contributed by atoms with E-state index in [0.717, 1.165) is 11.8 Å². The van der Waals surface area contributed by atoms with E-state index in [4.69, 9.17) is 4.84 Å². The highest BCUT2D eigenvalue weighted by atomic mass is 32.2. The molecule has 0 heterocycles. The van der Waals surface area contributed by atoms with Gasteiger partial charge in [0.1, 0.15) is 0 Å². The van der Waals surface area contributed by atoms with Crippen molar-refractivity contribution in [3.05, 3.63) is 103 Å². The highest BCUT2D eigenvalue weighted by Crippen LogP contribution is 2.33. The summed E-state index contributed by atoms with van der Waals surface area (Å²) in [5, 5.41) is 26.0. The van der Waals surface area contributed by atoms with Crippen molar-refractivity contribution in [3.8, 4) is 0 Å². The lowest BCUT2D eigenvalue weighted by atomic mass is 9.96. The van der Waals surface area contributed by atoms with Crippen LogP contribution in [0.3, 0.4) is 0 Å². The fourth-order valence-corrected chi connectivity index (χ4v) is 4.49. The summed E-state index contributed by atoms with van der Waals surface area (Å²) >= 11 is 1.49. The molecule has 11 heteroatoms. The molecule has 180 valence electrons. The molecule has 10 nitrogen and oxygen atoms in total. The van der Waals surface area contributed by atoms with E-state index in [-0.39, 0.29) is 45.0 Å². The Morgan fingerprint density at radius 1 is 1.06 bits per heavy atom. The summed E-state index contributed by atoms with van der Waals surface area (Å²) in [5.74, 6) is -1.38. The van der Waals surface area contributed by atoms with Crippen molar-refractivity contribution in [2.24, 2.45) is 11.1 Å². The van der Waals surface area contributed by atoms with Gasteiger partial charge in [0.05, 0.1) is 9.85 Å². The molecule has 3 rings (SSSR count). The van der Waals surface area contributed by atoms with Crippen molar-refractivity contribution in [1.82, 2.24) is 0 Å². The van der Waals surface area contributed by atoms with Gasteiger partial charge in [0.25, 0.3) is 11.4 Å². The molecule has 0 spiro atoms. The third kappa shape index (κ3) is 6.07. The lowest BCUT2D eigenvalue weighted by molar-refractivity contribution is -0.419. The van der Waals surface area contributed by atoms with Gasteiger partial charge < -0.3 is 4.84 Å². The van der Waals surface area contributed by atoms with Gasteiger partial charge >= 0.3 is 5.97 Å². The number of Topliss-reactive ketones (excluding diaryl/α,β-unsaturated/α-hetero) is 1. The minimum absolute atomic E-state index is 0.0196. The zero-order chi connectivity index (χ0) is 25.7. The normalized spacial score (nSPS) is 17.5. The molecular weight excluding hydrogens is 474 g/mol. The van der Waals surface area contributed by atoms with E-state index in [0.29, 0.717) is 0 Å². The molecule has 0 N–H and O–H groups in total. The van der Waals surface area contributed by atoms with E-state index >= 15 is 0 Å². The average molecular weight is 496 g/mol. The van der Waals surface area contributed by atoms with Crippen molar-refractivity contribution in [1.29, 1.82) is 0 Å². The minimum atomic E-state index is -0.742. The monoisotopic (exact) mass is 495 g/mol. The van der Waals surface area contributed by atoms with E-state index < -0.39 is 21.6 Å². The first-order valence-electron chi connectivity index (χ1n) is 10.4. The molecule has 0 radical (unpaired) electrons. The number of carbonyl (C=O) groups is 2. The van der Waals surface area contributed by atoms with Gasteiger partial charge in [-0.2, -0.15) is 0 Å². The Kier molecular flexibility index (Phi) is 7.92. The van der Waals surface area contributed by atoms with Crippen molar-refractivity contribution < 1.29 is 24.3 Å². The molecule has 0 aliphatic heterocycles. The summed E-state index contributed by atoms with van der Waals surface area (Å²) in [6.07, 6.45) is 4.87. The first-order chi connectivity index (χ1) is 16.6. The van der Waals surface area contributed by atoms with Gasteiger partial charge in [-0.05, 0) is 43.2 Å². The Labute approximate surface area is 204 Å². The van der Waals surface area contributed by atoms with Gasteiger partial charge in [-0.15, -0.1) is 11.8 Å². The second-order valence-corrected chi connectivity index (χ2v) is 8.98. The molecule has 2 unspecified atom stereocenters. The van der Waals surface area contributed by atoms with E-state index in [1.54, 1.807) is 36.4 Å². The first kappa shape index (κ1) is 25.5. The number of ketones is 1. The third-order valence-electron chi connectivity index (χ3n) is 5.25. The summed E-state index contributed by atoms with van der Waals surface area (Å²) in [6.45, 7) is 4.51. The molecule has 2 atom stereocenters. The number of nitrogens with zero attached hydrogens (tertiary/aromatic N) is 3. The maximum Gasteiger partial charge on any atom is 0.332 e. The maximum atomic E-state index is 13.3. The molecule has 2 aromatic rings. The lowest BCUT2D eigenvalue weighted by Gasteiger charge is -2.20. The van der Waals surface area contributed by atoms with Crippen LogP contribution in [0.4, 0.5) is 5.69 Å². The van der Waals surface area contributed by atoms with Crippen LogP contribution in [0.1, 0.15) is 35.3 Å². The van der Waals surface area contributed by atoms with Gasteiger partial charge in [0.2, 0.25) is 5.78 Å². The average Bonchev–Trinajstić information content (AvgIpc) is 2.81. The molecule has 0 bridgehead atoms. The smallest absolute Gasteiger partial charge is 0.318 e. The SMILES string of the molecule is CC(=O)O/N=C(/C(=O)c1ccc(SC2C=CC([N+](=O)[O-])=CC2C)cc1)c1cccc([N+](=O)[O-])c1C. The predicted octanol–water partition coefficient (Wildman–Crippen LogP) is 4.88. The predicted molar refractivity (Wildman–Crippen MR) is 130 cm³/mol. The second kappa shape index (κ2) is 10.9. The number of thioether (sulfide) groups is 1. The number of allylic oxidation sites excluding steroid dienone is 2. The minimum Gasteiger partial charge on any atom is -0.318 e. The fraction of sp³-hybridized carbons (Fsp3) is 0.208. The maximum absolute atomic E-state index is 13.3. The quantitative estimate of drug-likeness (QED) is 0.166. The van der Waals surface area contributed by atoms with E-state index in [1.165, 1.54) is 43.0 Å². The van der Waals surface area contributed by atoms with Crippen molar-refractivity contribution in [2.45, 2.75) is 30.9 Å². The van der Waals surface area contributed by atoms with E-state index in [2.05, 4.69) is 5.16 Å². The molecule has 1 aliphatic rings. The van der Waals surface area contributed by atoms with Gasteiger partial charge in [0, 0.05) is 45.9 Å². The van der Waals surface area contributed by atoms with Crippen LogP contribution in [0, 0.1) is 33.1 Å². The van der Waals surface area contributed by atoms with Gasteiger partial charge in [-0.3, -0.25) is 25.0 Å². The summed E-state index contributed by atoms with van der Waals surface area (Å²) in [6, 6.07) is 10.9. The summed E-state index contributed by atoms with van der Waals surface area (Å²) in [4.78, 5) is 51.4. The molecular formula is C24H21N3O7S. The number of oxime groups is 1. The highest BCUT2D eigenvalue weighted by Gasteiger charge is 2.25. The highest BCUT2D eigenvalue weighted by molar-refractivity contribution is 8.00. The van der Waals surface area contributed by atoms with Crippen molar-refractivity contribution >= 4 is 34.9 Å². The molecule has 0 fully saturated rings. The van der Waals surface area contributed by atoms with Gasteiger partial charge in [0.15, 0.2) is 5.71 Å². The second-order valence-electron chi connectivity index (χ2n) is 7.73. The Bertz CT molecular complexity index is 1280. The largest absolute Gasteiger partial charge is 0.332 e. The molecule has 35 heavy (non-hydrogen) atoms. The van der Waals surface area contributed by atoms with Crippen molar-refractivity contribution in [2.75, 3.05) is 0 Å². The number of hydrogen-bond acceptors (Lipinski definition) is 9. The summed E-state index contributed by atoms with van der Waals surface area (Å²) in [5.41, 5.74) is 0.271. The number of nitro groups is 2. The van der Waals surface area contributed by atoms with E-state index in [9.17, 15) is 29.8 Å². The van der Waals surface area contributed by atoms with Crippen LogP contribution in [0.15, 0.2) is 76.4 Å². The molecule has 1 aliphatic carbocycles. The van der Waals surface area contributed by atoms with Gasteiger partial charge in [-0.1, -0.05) is 30.3 Å². The first-order valence-corrected chi connectivity index (χ1v) is 11.3. The van der Waals surface area contributed by atoms with Crippen LogP contribution in [0.2, 0.25) is 0 Å². The van der Waals surface area contributed by atoms with Crippen LogP contribution in [-0.4, -0.2) is 32.6 Å². The zero-order valence-corrected chi connectivity index (χ0v) is 19.9. The number of nitro benzene ring substituents is 1. The summed E-state index contributed by atoms with van der Waals surface area (Å²) in [7, 11) is 0. The Morgan fingerprint density at radius 3 is 2.31 bits per heavy atom. The number of hydrogen-bond donors (Lipinski definition) is 0. The zero-order valence-electron chi connectivity index (χ0n) is 19.0. The summed E-state index contributed by atoms with van der Waals surface area (Å²) < 4.78 is 0. The Hall–Kier alpha value is -4.12. The Balaban J connectivity index is 1.86. The molecule has 0 saturated carbocycles. The molecule has 0 aromatic heterocycles. The van der Waals surface area contributed by atoms with Crippen LogP contribution in [-0.2, 0) is 9.63 Å². The topological polar surface area (TPSA) is 142 Å². The fourth-order valence-electron chi connectivity index (χ4n) is 3.44. The van der Waals surface area contributed by atoms with E-state index in [1.807, 2.05) is 6.92 Å². The number of carbonyl (C=O) groups excluding carboxylic acids is 2. The molecule has 2 aromatic carbocycles. The standard InChI is InChI=1S/C24H21N3O7S/c1-14-13-18(26(30)31)9-12-22(14)35-19-10-7-17(8-11-19)24(29)23(25-34-16(3)28)20-5-4-6-21(15(20)2)27(32)33/h4-14,22H,1-3H3/b25-23+. The lowest BCUT2D eigenvalue weighted by Crippen LogP contribution is -2.19. The van der Waals surface area contributed by atoms with Crippen LogP contribution >= 0.6 is 11.8 Å². The third-order valence-corrected chi connectivity index (χ3v) is 6.65. The molecule has 0 saturated heterocycles. The molecule has 0 amide bonds. The number of rotatable bonds is 8. The van der Waals surface area contributed by atoms with Crippen molar-refractivity contribution in [3.63, 3.8) is 0 Å². The van der Waals surface area contributed by atoms with Gasteiger partial charge in [-0.25, -0.2) is 4.79 Å².